The first kappa shape index (κ1) is 30.8. The van der Waals surface area contributed by atoms with Gasteiger partial charge in [0.2, 0.25) is 16.0 Å². The molecule has 41 heavy (non-hydrogen) atoms. The van der Waals surface area contributed by atoms with E-state index in [-0.39, 0.29) is 23.9 Å². The van der Waals surface area contributed by atoms with Gasteiger partial charge in [-0.3, -0.25) is 4.79 Å². The minimum Gasteiger partial charge on any atom is -0.493 e. The van der Waals surface area contributed by atoms with Gasteiger partial charge < -0.3 is 31.0 Å². The van der Waals surface area contributed by atoms with Crippen LogP contribution in [0.4, 0.5) is 17.1 Å². The molecule has 0 fully saturated rings. The lowest BCUT2D eigenvalue weighted by molar-refractivity contribution is -0.138. The number of carboxylic acids is 1. The van der Waals surface area contributed by atoms with E-state index >= 15 is 0 Å². The molecule has 3 aromatic rings. The number of oxime groups is 1. The van der Waals surface area contributed by atoms with Crippen LogP contribution in [0.15, 0.2) is 93.1 Å². The smallest absolute Gasteiger partial charge is 0.322 e. The minimum absolute atomic E-state index is 0.0693. The number of guanidine groups is 1. The highest BCUT2D eigenvalue weighted by atomic mass is 32.2. The molecule has 3 rings (SSSR count). The molecule has 3 aromatic carbocycles. The number of sulfonamides is 1. The van der Waals surface area contributed by atoms with Crippen LogP contribution in [0.5, 0.6) is 5.75 Å². The number of nitrogens with zero attached hydrogens (tertiary/aromatic N) is 4. The van der Waals surface area contributed by atoms with E-state index in [1.165, 1.54) is 24.3 Å². The molecule has 14 heteroatoms. The van der Waals surface area contributed by atoms with E-state index in [2.05, 4.69) is 20.1 Å². The van der Waals surface area contributed by atoms with Crippen molar-refractivity contribution in [2.75, 3.05) is 32.2 Å². The summed E-state index contributed by atoms with van der Waals surface area (Å²) in [6, 6.07) is 18.4. The zero-order chi connectivity index (χ0) is 29.8. The third-order valence-electron chi connectivity index (χ3n) is 5.57. The number of benzene rings is 3. The van der Waals surface area contributed by atoms with E-state index in [4.69, 9.17) is 21.0 Å². The van der Waals surface area contributed by atoms with E-state index in [0.717, 1.165) is 5.69 Å². The summed E-state index contributed by atoms with van der Waals surface area (Å²) >= 11 is 0. The van der Waals surface area contributed by atoms with Crippen LogP contribution in [0.2, 0.25) is 0 Å². The molecule has 1 atom stereocenters. The zero-order valence-electron chi connectivity index (χ0n) is 22.7. The van der Waals surface area contributed by atoms with Gasteiger partial charge in [-0.25, -0.2) is 8.42 Å². The Hall–Kier alpha value is -4.69. The second-order valence-electron chi connectivity index (χ2n) is 9.02. The monoisotopic (exact) mass is 583 g/mol. The number of aliphatic carboxylic acids is 1. The van der Waals surface area contributed by atoms with E-state index in [9.17, 15) is 18.3 Å². The standard InChI is InChI=1S/C27H33N7O6S/c1-34(2)22-10-6-20(7-11-22)30-31-21-8-14-24(15-9-21)41(37,38)33-25(26(35)36)18-19-4-12-23(13-5-19)39-16-3-17-40-32-27(28)29/h4-15,25,33H,3,16-18H2,1-2H3,(H,35,36)(H4,28,29,32)/t25-/m0/s1. The number of nitrogens with two attached hydrogens (primary N) is 2. The fraction of sp³-hybridized carbons (Fsp3) is 0.259. The maximum Gasteiger partial charge on any atom is 0.322 e. The summed E-state index contributed by atoms with van der Waals surface area (Å²) in [7, 11) is -0.249. The molecule has 0 amide bonds. The van der Waals surface area contributed by atoms with Crippen molar-refractivity contribution in [3.63, 3.8) is 0 Å². The van der Waals surface area contributed by atoms with Crippen LogP contribution in [-0.4, -0.2) is 58.8 Å². The fourth-order valence-corrected chi connectivity index (χ4v) is 4.64. The Morgan fingerprint density at radius 1 is 0.927 bits per heavy atom. The average Bonchev–Trinajstić information content (AvgIpc) is 2.94. The summed E-state index contributed by atoms with van der Waals surface area (Å²) in [6.07, 6.45) is 0.468. The largest absolute Gasteiger partial charge is 0.493 e. The van der Waals surface area contributed by atoms with Gasteiger partial charge in [0, 0.05) is 26.2 Å². The van der Waals surface area contributed by atoms with Gasteiger partial charge >= 0.3 is 5.97 Å². The van der Waals surface area contributed by atoms with Gasteiger partial charge in [-0.1, -0.05) is 12.1 Å². The van der Waals surface area contributed by atoms with Crippen molar-refractivity contribution in [2.45, 2.75) is 23.8 Å². The SMILES string of the molecule is CN(C)c1ccc(N=Nc2ccc(S(=O)(=O)N[C@@H](Cc3ccc(OCCCON=C(N)N)cc3)C(=O)O)cc2)cc1. The maximum absolute atomic E-state index is 12.9. The van der Waals surface area contributed by atoms with E-state index in [0.29, 0.717) is 35.7 Å². The Kier molecular flexibility index (Phi) is 11.0. The first-order valence-electron chi connectivity index (χ1n) is 12.5. The van der Waals surface area contributed by atoms with Gasteiger partial charge in [0.15, 0.2) is 0 Å². The topological polar surface area (TPSA) is 194 Å². The first-order valence-corrected chi connectivity index (χ1v) is 14.0. The molecule has 0 aliphatic heterocycles. The molecular weight excluding hydrogens is 550 g/mol. The second kappa shape index (κ2) is 14.6. The number of carbonyl (C=O) groups is 1. The quantitative estimate of drug-likeness (QED) is 0.0683. The van der Waals surface area contributed by atoms with Crippen molar-refractivity contribution < 1.29 is 27.9 Å². The number of nitrogens with one attached hydrogen (secondary N) is 1. The van der Waals surface area contributed by atoms with Crippen LogP contribution in [0.1, 0.15) is 12.0 Å². The molecule has 0 spiro atoms. The zero-order valence-corrected chi connectivity index (χ0v) is 23.5. The number of ether oxygens (including phenoxy) is 1. The molecule has 0 aliphatic rings. The Labute approximate surface area is 238 Å². The van der Waals surface area contributed by atoms with E-state index in [1.807, 2.05) is 43.3 Å². The van der Waals surface area contributed by atoms with Crippen molar-refractivity contribution in [3.8, 4) is 5.75 Å². The van der Waals surface area contributed by atoms with Gasteiger partial charge in [0.05, 0.1) is 22.9 Å². The molecule has 0 saturated heterocycles. The lowest BCUT2D eigenvalue weighted by atomic mass is 10.1. The Balaban J connectivity index is 1.56. The van der Waals surface area contributed by atoms with Crippen LogP contribution in [0.25, 0.3) is 0 Å². The van der Waals surface area contributed by atoms with Crippen molar-refractivity contribution in [2.24, 2.45) is 26.9 Å². The molecule has 0 aromatic heterocycles. The summed E-state index contributed by atoms with van der Waals surface area (Å²) in [5.74, 6) is -0.909. The van der Waals surface area contributed by atoms with Gasteiger partial charge in [0.25, 0.3) is 0 Å². The number of anilines is 1. The van der Waals surface area contributed by atoms with Crippen molar-refractivity contribution in [3.05, 3.63) is 78.4 Å². The number of azo groups is 1. The van der Waals surface area contributed by atoms with Gasteiger partial charge in [-0.15, -0.1) is 0 Å². The molecule has 0 aliphatic carbocycles. The molecule has 0 unspecified atom stereocenters. The predicted octanol–water partition coefficient (Wildman–Crippen LogP) is 3.12. The summed E-state index contributed by atoms with van der Waals surface area (Å²) in [5, 5.41) is 21.4. The first-order chi connectivity index (χ1) is 19.5. The summed E-state index contributed by atoms with van der Waals surface area (Å²) in [6.45, 7) is 0.621. The summed E-state index contributed by atoms with van der Waals surface area (Å²) in [5.41, 5.74) is 13.0. The molecule has 6 N–H and O–H groups in total. The summed E-state index contributed by atoms with van der Waals surface area (Å²) < 4.78 is 33.7. The fourth-order valence-electron chi connectivity index (χ4n) is 3.45. The van der Waals surface area contributed by atoms with Crippen LogP contribution in [0.3, 0.4) is 0 Å². The van der Waals surface area contributed by atoms with Crippen LogP contribution < -0.4 is 25.8 Å². The van der Waals surface area contributed by atoms with Crippen molar-refractivity contribution >= 4 is 39.0 Å². The average molecular weight is 584 g/mol. The second-order valence-corrected chi connectivity index (χ2v) is 10.7. The highest BCUT2D eigenvalue weighted by molar-refractivity contribution is 7.89. The van der Waals surface area contributed by atoms with Crippen LogP contribution in [-0.2, 0) is 26.1 Å². The minimum atomic E-state index is -4.12. The van der Waals surface area contributed by atoms with E-state index in [1.54, 1.807) is 24.3 Å². The van der Waals surface area contributed by atoms with Gasteiger partial charge in [0.1, 0.15) is 18.4 Å². The number of rotatable bonds is 15. The molecule has 0 radical (unpaired) electrons. The van der Waals surface area contributed by atoms with Crippen molar-refractivity contribution in [1.29, 1.82) is 0 Å². The predicted molar refractivity (Wildman–Crippen MR) is 155 cm³/mol. The lowest BCUT2D eigenvalue weighted by Gasteiger charge is -2.15. The highest BCUT2D eigenvalue weighted by Crippen LogP contribution is 2.23. The number of hydrogen-bond acceptors (Lipinski definition) is 9. The molecular formula is C27H33N7O6S. The number of hydrogen-bond donors (Lipinski definition) is 4. The normalized spacial score (nSPS) is 12.0. The summed E-state index contributed by atoms with van der Waals surface area (Å²) in [4.78, 5) is 18.6. The Morgan fingerprint density at radius 2 is 1.51 bits per heavy atom. The van der Waals surface area contributed by atoms with Gasteiger partial charge in [-0.05, 0) is 77.8 Å². The Bertz CT molecular complexity index is 1440. The molecule has 0 bridgehead atoms. The molecule has 0 saturated carbocycles. The highest BCUT2D eigenvalue weighted by Gasteiger charge is 2.25. The number of carboxylic acid groups (broad SMARTS) is 1. The van der Waals surface area contributed by atoms with Gasteiger partial charge in [-0.2, -0.15) is 15.0 Å². The van der Waals surface area contributed by atoms with Crippen LogP contribution >= 0.6 is 0 Å². The van der Waals surface area contributed by atoms with Crippen LogP contribution in [0, 0.1) is 0 Å². The van der Waals surface area contributed by atoms with Crippen molar-refractivity contribution in [1.82, 2.24) is 4.72 Å². The molecule has 13 nitrogen and oxygen atoms in total. The molecule has 0 heterocycles. The third-order valence-corrected chi connectivity index (χ3v) is 7.06. The van der Waals surface area contributed by atoms with E-state index < -0.39 is 22.0 Å². The third kappa shape index (κ3) is 10.1. The lowest BCUT2D eigenvalue weighted by Crippen LogP contribution is -2.42. The Morgan fingerprint density at radius 3 is 2.05 bits per heavy atom. The molecule has 218 valence electrons. The maximum atomic E-state index is 12.9.